The third kappa shape index (κ3) is 9.05. The second-order valence-corrected chi connectivity index (χ2v) is 12.2. The van der Waals surface area contributed by atoms with Crippen LogP contribution in [0.4, 0.5) is 0 Å². The monoisotopic (exact) mass is 577 g/mol. The zero-order chi connectivity index (χ0) is 30.1. The van der Waals surface area contributed by atoms with Crippen LogP contribution in [0.5, 0.6) is 0 Å². The fraction of sp³-hybridized carbons (Fsp3) is 0.486. The Kier molecular flexibility index (Phi) is 12.2. The van der Waals surface area contributed by atoms with Gasteiger partial charge in [-0.2, -0.15) is 0 Å². The van der Waals surface area contributed by atoms with Crippen LogP contribution in [0.3, 0.4) is 0 Å². The number of carbonyl (C=O) groups excluding carboxylic acids is 2. The highest BCUT2D eigenvalue weighted by Gasteiger charge is 2.29. The van der Waals surface area contributed by atoms with Gasteiger partial charge in [0.2, 0.25) is 0 Å². The van der Waals surface area contributed by atoms with E-state index in [0.29, 0.717) is 32.2 Å². The molecule has 1 aliphatic carbocycles. The molecule has 4 rings (SSSR count). The van der Waals surface area contributed by atoms with Gasteiger partial charge in [-0.1, -0.05) is 55.3 Å². The molecule has 0 saturated heterocycles. The van der Waals surface area contributed by atoms with Crippen LogP contribution in [0.1, 0.15) is 87.2 Å². The van der Waals surface area contributed by atoms with Gasteiger partial charge in [-0.25, -0.2) is 0 Å². The number of nitrogens with zero attached hydrogens (tertiary/aromatic N) is 3. The number of hydrogen-bond acceptors (Lipinski definition) is 3. The number of rotatable bonds is 8. The van der Waals surface area contributed by atoms with E-state index in [9.17, 15) is 9.59 Å². The van der Waals surface area contributed by atoms with Crippen LogP contribution >= 0.6 is 11.6 Å². The lowest BCUT2D eigenvalue weighted by Crippen LogP contribution is -2.47. The minimum Gasteiger partial charge on any atom is -0.334 e. The SMILES string of the molecule is C=C(C)C.CCCN(CCC)C(=O)C(=O)N1CC=C(c2ccc3c(c2)C(N(C)Cc2cc(C)cc(Cl)c2)CC3)CC1. The first-order valence-electron chi connectivity index (χ1n) is 15.0. The molecule has 6 heteroatoms. The van der Waals surface area contributed by atoms with Crippen molar-refractivity contribution in [2.24, 2.45) is 0 Å². The highest BCUT2D eigenvalue weighted by Crippen LogP contribution is 2.38. The Morgan fingerprint density at radius 3 is 2.32 bits per heavy atom. The molecule has 1 atom stereocenters. The Morgan fingerprint density at radius 2 is 1.73 bits per heavy atom. The average Bonchev–Trinajstić information content (AvgIpc) is 3.35. The Morgan fingerprint density at radius 1 is 1.05 bits per heavy atom. The van der Waals surface area contributed by atoms with E-state index in [1.54, 1.807) is 9.80 Å². The van der Waals surface area contributed by atoms with Gasteiger partial charge in [0.15, 0.2) is 0 Å². The molecule has 1 unspecified atom stereocenters. The second kappa shape index (κ2) is 15.4. The van der Waals surface area contributed by atoms with E-state index in [2.05, 4.69) is 61.9 Å². The number of allylic oxidation sites excluding steroid dienone is 1. The molecule has 0 fully saturated rings. The van der Waals surface area contributed by atoms with Gasteiger partial charge in [-0.3, -0.25) is 14.5 Å². The molecule has 222 valence electrons. The number of halogens is 1. The third-order valence-electron chi connectivity index (χ3n) is 7.58. The molecule has 1 aliphatic heterocycles. The number of hydrogen-bond donors (Lipinski definition) is 0. The quantitative estimate of drug-likeness (QED) is 0.239. The smallest absolute Gasteiger partial charge is 0.312 e. The summed E-state index contributed by atoms with van der Waals surface area (Å²) < 4.78 is 0. The van der Waals surface area contributed by atoms with E-state index in [0.717, 1.165) is 43.7 Å². The summed E-state index contributed by atoms with van der Waals surface area (Å²) in [6.45, 7) is 16.8. The number of aryl methyl sites for hydroxylation is 2. The van der Waals surface area contributed by atoms with Gasteiger partial charge < -0.3 is 9.80 Å². The second-order valence-electron chi connectivity index (χ2n) is 11.7. The maximum Gasteiger partial charge on any atom is 0.312 e. The normalized spacial score (nSPS) is 16.0. The van der Waals surface area contributed by atoms with Crippen molar-refractivity contribution in [1.82, 2.24) is 14.7 Å². The Balaban J connectivity index is 0.00000108. The van der Waals surface area contributed by atoms with Crippen LogP contribution in [0.2, 0.25) is 5.02 Å². The first kappa shape index (κ1) is 32.6. The van der Waals surface area contributed by atoms with Gasteiger partial charge in [0.25, 0.3) is 0 Å². The average molecular weight is 578 g/mol. The third-order valence-corrected chi connectivity index (χ3v) is 7.80. The zero-order valence-electron chi connectivity index (χ0n) is 25.9. The van der Waals surface area contributed by atoms with Gasteiger partial charge in [0.1, 0.15) is 0 Å². The van der Waals surface area contributed by atoms with Gasteiger partial charge in [0.05, 0.1) is 0 Å². The summed E-state index contributed by atoms with van der Waals surface area (Å²) in [5.74, 6) is -0.733. The van der Waals surface area contributed by atoms with Gasteiger partial charge >= 0.3 is 11.8 Å². The summed E-state index contributed by atoms with van der Waals surface area (Å²) in [7, 11) is 2.20. The molecular weight excluding hydrogens is 530 g/mol. The van der Waals surface area contributed by atoms with Gasteiger partial charge in [-0.05, 0) is 112 Å². The number of carbonyl (C=O) groups is 2. The number of amides is 2. The summed E-state index contributed by atoms with van der Waals surface area (Å²) in [6.07, 6.45) is 6.82. The van der Waals surface area contributed by atoms with Crippen LogP contribution in [-0.2, 0) is 22.6 Å². The maximum atomic E-state index is 12.9. The topological polar surface area (TPSA) is 43.9 Å². The van der Waals surface area contributed by atoms with E-state index >= 15 is 0 Å². The molecule has 1 heterocycles. The summed E-state index contributed by atoms with van der Waals surface area (Å²) in [6, 6.07) is 13.5. The Labute approximate surface area is 252 Å². The molecule has 0 aromatic heterocycles. The van der Waals surface area contributed by atoms with Crippen LogP contribution in [0.25, 0.3) is 5.57 Å². The summed E-state index contributed by atoms with van der Waals surface area (Å²) in [5, 5.41) is 0.791. The highest BCUT2D eigenvalue weighted by molar-refractivity contribution is 6.35. The first-order chi connectivity index (χ1) is 19.5. The lowest BCUT2D eigenvalue weighted by Gasteiger charge is -2.29. The molecule has 5 nitrogen and oxygen atoms in total. The van der Waals surface area contributed by atoms with Crippen LogP contribution in [-0.4, -0.2) is 59.7 Å². The standard InChI is InChI=1S/C31H40ClN3O2.C4H8/c1-5-13-34(14-6-2)30(36)31(37)35-15-11-24(12-16-35)26-8-7-25-9-10-29(28(25)20-26)33(4)21-23-17-22(3)18-27(32)19-23;1-4(2)3/h7-8,11,17-20,29H,5-6,9-10,12-16,21H2,1-4H3;1H2,2-3H3. The number of fused-ring (bicyclic) bond motifs is 1. The molecule has 0 radical (unpaired) electrons. The van der Waals surface area contributed by atoms with Crippen molar-refractivity contribution in [3.63, 3.8) is 0 Å². The van der Waals surface area contributed by atoms with Crippen molar-refractivity contribution in [2.45, 2.75) is 79.3 Å². The molecule has 2 aromatic rings. The van der Waals surface area contributed by atoms with E-state index in [4.69, 9.17) is 11.6 Å². The predicted octanol–water partition coefficient (Wildman–Crippen LogP) is 7.61. The van der Waals surface area contributed by atoms with Crippen LogP contribution in [0.15, 0.2) is 54.6 Å². The largest absolute Gasteiger partial charge is 0.334 e. The highest BCUT2D eigenvalue weighted by atomic mass is 35.5. The van der Waals surface area contributed by atoms with E-state index < -0.39 is 0 Å². The minimum atomic E-state index is -0.371. The molecule has 0 spiro atoms. The maximum absolute atomic E-state index is 12.9. The summed E-state index contributed by atoms with van der Waals surface area (Å²) >= 11 is 6.30. The molecular formula is C35H48ClN3O2. The fourth-order valence-electron chi connectivity index (χ4n) is 5.78. The lowest BCUT2D eigenvalue weighted by atomic mass is 9.95. The summed E-state index contributed by atoms with van der Waals surface area (Å²) in [4.78, 5) is 31.5. The lowest BCUT2D eigenvalue weighted by molar-refractivity contribution is -0.151. The molecule has 41 heavy (non-hydrogen) atoms. The van der Waals surface area contributed by atoms with Crippen molar-refractivity contribution in [1.29, 1.82) is 0 Å². The van der Waals surface area contributed by atoms with Crippen molar-refractivity contribution in [2.75, 3.05) is 33.2 Å². The van der Waals surface area contributed by atoms with E-state index in [1.165, 1.54) is 39.0 Å². The zero-order valence-corrected chi connectivity index (χ0v) is 26.7. The Hall–Kier alpha value is -2.89. The summed E-state index contributed by atoms with van der Waals surface area (Å²) in [5.41, 5.74) is 8.91. The Bertz CT molecular complexity index is 1240. The van der Waals surface area contributed by atoms with Crippen molar-refractivity contribution >= 4 is 29.0 Å². The van der Waals surface area contributed by atoms with Crippen molar-refractivity contribution in [3.8, 4) is 0 Å². The molecule has 2 aromatic carbocycles. The molecule has 2 amide bonds. The molecule has 0 bridgehead atoms. The van der Waals surface area contributed by atoms with Crippen molar-refractivity contribution < 1.29 is 9.59 Å². The van der Waals surface area contributed by atoms with Gasteiger partial charge in [0, 0.05) is 43.8 Å². The minimum absolute atomic E-state index is 0.362. The molecule has 2 aliphatic rings. The molecule has 0 N–H and O–H groups in total. The van der Waals surface area contributed by atoms with E-state index in [-0.39, 0.29) is 11.8 Å². The first-order valence-corrected chi connectivity index (χ1v) is 15.4. The van der Waals surface area contributed by atoms with E-state index in [1.807, 2.05) is 33.8 Å². The molecule has 0 saturated carbocycles. The predicted molar refractivity (Wildman–Crippen MR) is 172 cm³/mol. The fourth-order valence-corrected chi connectivity index (χ4v) is 6.09. The van der Waals surface area contributed by atoms with Crippen LogP contribution in [0, 0.1) is 6.92 Å². The van der Waals surface area contributed by atoms with Gasteiger partial charge in [-0.15, -0.1) is 6.58 Å². The number of benzene rings is 2. The van der Waals surface area contributed by atoms with Crippen LogP contribution < -0.4 is 0 Å². The van der Waals surface area contributed by atoms with Crippen molar-refractivity contribution in [3.05, 3.63) is 87.5 Å².